The second kappa shape index (κ2) is 5.64. The lowest BCUT2D eigenvalue weighted by Gasteiger charge is -2.26. The Morgan fingerprint density at radius 3 is 2.76 bits per heavy atom. The molecule has 1 aliphatic rings. The Kier molecular flexibility index (Phi) is 4.23. The monoisotopic (exact) mass is 294 g/mol. The quantitative estimate of drug-likeness (QED) is 0.898. The van der Waals surface area contributed by atoms with Crippen LogP contribution < -0.4 is 10.2 Å². The highest BCUT2D eigenvalue weighted by Crippen LogP contribution is 2.37. The summed E-state index contributed by atoms with van der Waals surface area (Å²) in [5.74, 6) is -0.301. The van der Waals surface area contributed by atoms with E-state index in [1.807, 2.05) is 6.92 Å². The minimum Gasteiger partial charge on any atom is -0.389 e. The molecule has 1 aliphatic heterocycles. The number of halogens is 1. The van der Waals surface area contributed by atoms with Crippen molar-refractivity contribution in [3.63, 3.8) is 0 Å². The topological polar surface area (TPSA) is 52.6 Å². The zero-order valence-corrected chi connectivity index (χ0v) is 13.0. The van der Waals surface area contributed by atoms with Gasteiger partial charge in [0.05, 0.1) is 11.5 Å². The van der Waals surface area contributed by atoms with Gasteiger partial charge >= 0.3 is 0 Å². The molecule has 0 bridgehead atoms. The predicted octanol–water partition coefficient (Wildman–Crippen LogP) is 2.15. The standard InChI is InChI=1S/C16H23FN2O2/c1-10-7-14(12(11(2)20)8-13(10)17)19-6-5-16(3,9-19)15(21)18-4/h7-8,11,20H,5-6,9H2,1-4H3,(H,18,21)/t11-,16?/m0/s1. The highest BCUT2D eigenvalue weighted by molar-refractivity contribution is 5.83. The van der Waals surface area contributed by atoms with Crippen LogP contribution in [0.25, 0.3) is 0 Å². The van der Waals surface area contributed by atoms with E-state index in [2.05, 4.69) is 10.2 Å². The first-order chi connectivity index (χ1) is 9.78. The van der Waals surface area contributed by atoms with E-state index < -0.39 is 11.5 Å². The number of amides is 1. The van der Waals surface area contributed by atoms with Gasteiger partial charge in [0.15, 0.2) is 0 Å². The van der Waals surface area contributed by atoms with Gasteiger partial charge in [-0.05, 0) is 44.9 Å². The summed E-state index contributed by atoms with van der Waals surface area (Å²) in [5.41, 5.74) is 1.48. The van der Waals surface area contributed by atoms with Crippen molar-refractivity contribution in [1.82, 2.24) is 5.32 Å². The number of benzene rings is 1. The highest BCUT2D eigenvalue weighted by atomic mass is 19.1. The van der Waals surface area contributed by atoms with Gasteiger partial charge in [-0.2, -0.15) is 0 Å². The van der Waals surface area contributed by atoms with Gasteiger partial charge in [-0.15, -0.1) is 0 Å². The molecule has 5 heteroatoms. The Morgan fingerprint density at radius 2 is 2.19 bits per heavy atom. The first-order valence-corrected chi connectivity index (χ1v) is 7.24. The van der Waals surface area contributed by atoms with Crippen molar-refractivity contribution in [3.05, 3.63) is 29.1 Å². The molecular formula is C16H23FN2O2. The van der Waals surface area contributed by atoms with Crippen LogP contribution in [0, 0.1) is 18.2 Å². The normalized spacial score (nSPS) is 23.2. The average Bonchev–Trinajstić information content (AvgIpc) is 2.84. The van der Waals surface area contributed by atoms with Crippen LogP contribution in [-0.2, 0) is 4.79 Å². The van der Waals surface area contributed by atoms with Crippen molar-refractivity contribution in [1.29, 1.82) is 0 Å². The SMILES string of the molecule is CNC(=O)C1(C)CCN(c2cc(C)c(F)cc2[C@H](C)O)C1. The Morgan fingerprint density at radius 1 is 1.52 bits per heavy atom. The van der Waals surface area contributed by atoms with Crippen LogP contribution in [0.4, 0.5) is 10.1 Å². The lowest BCUT2D eigenvalue weighted by atomic mass is 9.89. The van der Waals surface area contributed by atoms with E-state index in [9.17, 15) is 14.3 Å². The van der Waals surface area contributed by atoms with Gasteiger partial charge in [0, 0.05) is 31.4 Å². The number of hydrogen-bond donors (Lipinski definition) is 2. The summed E-state index contributed by atoms with van der Waals surface area (Å²) in [6.07, 6.45) is -0.00975. The van der Waals surface area contributed by atoms with Gasteiger partial charge in [-0.3, -0.25) is 4.79 Å². The molecule has 2 atom stereocenters. The third-order valence-corrected chi connectivity index (χ3v) is 4.35. The minimum absolute atomic E-state index is 0.0161. The van der Waals surface area contributed by atoms with E-state index >= 15 is 0 Å². The first kappa shape index (κ1) is 15.8. The van der Waals surface area contributed by atoms with E-state index in [1.165, 1.54) is 6.07 Å². The van der Waals surface area contributed by atoms with Crippen molar-refractivity contribution in [2.45, 2.75) is 33.3 Å². The second-order valence-corrected chi connectivity index (χ2v) is 6.15. The maximum atomic E-state index is 13.7. The number of hydrogen-bond acceptors (Lipinski definition) is 3. The molecule has 0 radical (unpaired) electrons. The summed E-state index contributed by atoms with van der Waals surface area (Å²) in [7, 11) is 1.64. The number of anilines is 1. The molecule has 21 heavy (non-hydrogen) atoms. The highest BCUT2D eigenvalue weighted by Gasteiger charge is 2.40. The maximum absolute atomic E-state index is 13.7. The molecule has 0 spiro atoms. The molecule has 1 amide bonds. The second-order valence-electron chi connectivity index (χ2n) is 6.15. The van der Waals surface area contributed by atoms with Crippen LogP contribution in [0.15, 0.2) is 12.1 Å². The van der Waals surface area contributed by atoms with Crippen LogP contribution in [0.1, 0.15) is 37.5 Å². The molecule has 1 heterocycles. The smallest absolute Gasteiger partial charge is 0.227 e. The fourth-order valence-corrected chi connectivity index (χ4v) is 2.94. The third kappa shape index (κ3) is 2.88. The van der Waals surface area contributed by atoms with Crippen LogP contribution in [-0.4, -0.2) is 31.2 Å². The lowest BCUT2D eigenvalue weighted by molar-refractivity contribution is -0.128. The number of nitrogens with zero attached hydrogens (tertiary/aromatic N) is 1. The maximum Gasteiger partial charge on any atom is 0.227 e. The molecule has 1 aromatic rings. The third-order valence-electron chi connectivity index (χ3n) is 4.35. The molecule has 116 valence electrons. The van der Waals surface area contributed by atoms with Gasteiger partial charge in [-0.1, -0.05) is 0 Å². The molecular weight excluding hydrogens is 271 g/mol. The molecule has 1 saturated heterocycles. The largest absolute Gasteiger partial charge is 0.389 e. The number of carbonyl (C=O) groups excluding carboxylic acids is 1. The Labute approximate surface area is 125 Å². The Balaban J connectivity index is 2.36. The Bertz CT molecular complexity index is 559. The summed E-state index contributed by atoms with van der Waals surface area (Å²) in [6, 6.07) is 3.15. The minimum atomic E-state index is -0.748. The van der Waals surface area contributed by atoms with Crippen LogP contribution in [0.5, 0.6) is 0 Å². The van der Waals surface area contributed by atoms with Crippen LogP contribution in [0.2, 0.25) is 0 Å². The number of aliphatic hydroxyl groups excluding tert-OH is 1. The van der Waals surface area contributed by atoms with E-state index in [-0.39, 0.29) is 11.7 Å². The molecule has 1 unspecified atom stereocenters. The average molecular weight is 294 g/mol. The van der Waals surface area contributed by atoms with Crippen molar-refractivity contribution in [3.8, 4) is 0 Å². The molecule has 1 fully saturated rings. The van der Waals surface area contributed by atoms with Crippen molar-refractivity contribution in [2.75, 3.05) is 25.0 Å². The van der Waals surface area contributed by atoms with Gasteiger partial charge in [0.25, 0.3) is 0 Å². The number of nitrogens with one attached hydrogen (secondary N) is 1. The van der Waals surface area contributed by atoms with Gasteiger partial charge < -0.3 is 15.3 Å². The van der Waals surface area contributed by atoms with E-state index in [1.54, 1.807) is 27.0 Å². The summed E-state index contributed by atoms with van der Waals surface area (Å²) in [4.78, 5) is 14.1. The summed E-state index contributed by atoms with van der Waals surface area (Å²) < 4.78 is 13.7. The molecule has 1 aromatic carbocycles. The summed E-state index contributed by atoms with van der Waals surface area (Å²) in [5, 5.41) is 12.6. The van der Waals surface area contributed by atoms with Crippen molar-refractivity contribution < 1.29 is 14.3 Å². The molecule has 0 aromatic heterocycles. The van der Waals surface area contributed by atoms with E-state index in [0.717, 1.165) is 12.1 Å². The summed E-state index contributed by atoms with van der Waals surface area (Å²) in [6.45, 7) is 6.55. The van der Waals surface area contributed by atoms with Crippen LogP contribution in [0.3, 0.4) is 0 Å². The fourth-order valence-electron chi connectivity index (χ4n) is 2.94. The Hall–Kier alpha value is -1.62. The number of aliphatic hydroxyl groups is 1. The van der Waals surface area contributed by atoms with Crippen molar-refractivity contribution in [2.24, 2.45) is 5.41 Å². The van der Waals surface area contributed by atoms with Gasteiger partial charge in [0.2, 0.25) is 5.91 Å². The predicted molar refractivity (Wildman–Crippen MR) is 80.8 cm³/mol. The molecule has 2 N–H and O–H groups in total. The van der Waals surface area contributed by atoms with Crippen LogP contribution >= 0.6 is 0 Å². The zero-order valence-electron chi connectivity index (χ0n) is 13.0. The van der Waals surface area contributed by atoms with Gasteiger partial charge in [-0.25, -0.2) is 4.39 Å². The molecule has 0 saturated carbocycles. The van der Waals surface area contributed by atoms with E-state index in [4.69, 9.17) is 0 Å². The number of carbonyl (C=O) groups is 1. The molecule has 0 aliphatic carbocycles. The number of aryl methyl sites for hydroxylation is 1. The first-order valence-electron chi connectivity index (χ1n) is 7.24. The lowest BCUT2D eigenvalue weighted by Crippen LogP contribution is -2.39. The van der Waals surface area contributed by atoms with E-state index in [0.29, 0.717) is 24.2 Å². The summed E-state index contributed by atoms with van der Waals surface area (Å²) >= 11 is 0. The zero-order chi connectivity index (χ0) is 15.8. The van der Waals surface area contributed by atoms with Crippen molar-refractivity contribution >= 4 is 11.6 Å². The molecule has 4 nitrogen and oxygen atoms in total. The number of rotatable bonds is 3. The molecule has 2 rings (SSSR count). The van der Waals surface area contributed by atoms with Gasteiger partial charge in [0.1, 0.15) is 5.82 Å². The fraction of sp³-hybridized carbons (Fsp3) is 0.562.